The summed E-state index contributed by atoms with van der Waals surface area (Å²) in [5.74, 6) is 1.36. The molecule has 0 spiro atoms. The molecular formula is C13H20N6O. The highest BCUT2D eigenvalue weighted by Gasteiger charge is 2.25. The summed E-state index contributed by atoms with van der Waals surface area (Å²) < 4.78 is 1.47. The molecule has 0 saturated carbocycles. The highest BCUT2D eigenvalue weighted by molar-refractivity contribution is 5.49. The van der Waals surface area contributed by atoms with Gasteiger partial charge in [0.1, 0.15) is 11.6 Å². The van der Waals surface area contributed by atoms with E-state index < -0.39 is 0 Å². The summed E-state index contributed by atoms with van der Waals surface area (Å²) in [4.78, 5) is 16.0. The molecular weight excluding hydrogens is 256 g/mol. The first-order valence-electron chi connectivity index (χ1n) is 7.06. The normalized spacial score (nSPS) is 24.1. The molecule has 1 saturated heterocycles. The largest absolute Gasteiger partial charge is 0.349 e. The Balaban J connectivity index is 1.92. The maximum absolute atomic E-state index is 11.6. The van der Waals surface area contributed by atoms with Crippen LogP contribution < -0.4 is 11.1 Å². The van der Waals surface area contributed by atoms with Gasteiger partial charge < -0.3 is 5.43 Å². The first kappa shape index (κ1) is 13.1. The number of aromatic amines is 1. The third-order valence-electron chi connectivity index (χ3n) is 4.01. The van der Waals surface area contributed by atoms with Crippen molar-refractivity contribution in [2.45, 2.75) is 52.1 Å². The quantitative estimate of drug-likeness (QED) is 0.865. The fraction of sp³-hybridized carbons (Fsp3) is 0.615. The standard InChI is InChI=1S/C13H20N6O/c1-8-5-4-6-9(2)19(8)17-11-7-12-15-16-13(20)18(12)10(3)14-11/h7-9,17H,4-6H2,1-3H3,(H,16,20). The maximum atomic E-state index is 11.6. The van der Waals surface area contributed by atoms with E-state index in [4.69, 9.17) is 0 Å². The van der Waals surface area contributed by atoms with Crippen molar-refractivity contribution >= 4 is 11.5 Å². The lowest BCUT2D eigenvalue weighted by molar-refractivity contribution is 0.135. The molecule has 3 rings (SSSR count). The fourth-order valence-electron chi connectivity index (χ4n) is 2.93. The number of rotatable bonds is 2. The molecule has 2 unspecified atom stereocenters. The van der Waals surface area contributed by atoms with Crippen LogP contribution in [0.1, 0.15) is 38.9 Å². The van der Waals surface area contributed by atoms with Crippen LogP contribution in [0.4, 0.5) is 5.82 Å². The molecule has 0 aromatic carbocycles. The molecule has 3 heterocycles. The van der Waals surface area contributed by atoms with Crippen molar-refractivity contribution in [1.82, 2.24) is 24.6 Å². The number of piperidine rings is 1. The van der Waals surface area contributed by atoms with Gasteiger partial charge in [-0.2, -0.15) is 5.10 Å². The second-order valence-electron chi connectivity index (χ2n) is 5.56. The molecule has 7 nitrogen and oxygen atoms in total. The molecule has 2 aromatic heterocycles. The molecule has 0 bridgehead atoms. The first-order chi connectivity index (χ1) is 9.56. The van der Waals surface area contributed by atoms with E-state index in [0.717, 1.165) is 5.82 Å². The van der Waals surface area contributed by atoms with Crippen molar-refractivity contribution in [2.24, 2.45) is 0 Å². The number of aromatic nitrogens is 4. The van der Waals surface area contributed by atoms with Crippen molar-refractivity contribution in [2.75, 3.05) is 5.43 Å². The van der Waals surface area contributed by atoms with Crippen molar-refractivity contribution in [3.05, 3.63) is 22.4 Å². The average molecular weight is 276 g/mol. The van der Waals surface area contributed by atoms with Gasteiger partial charge in [-0.25, -0.2) is 24.3 Å². The summed E-state index contributed by atoms with van der Waals surface area (Å²) in [7, 11) is 0. The second-order valence-corrected chi connectivity index (χ2v) is 5.56. The molecule has 0 radical (unpaired) electrons. The lowest BCUT2D eigenvalue weighted by Crippen LogP contribution is -2.47. The third-order valence-corrected chi connectivity index (χ3v) is 4.01. The van der Waals surface area contributed by atoms with E-state index in [1.165, 1.54) is 23.7 Å². The lowest BCUT2D eigenvalue weighted by atomic mass is 10.00. The van der Waals surface area contributed by atoms with Crippen LogP contribution in [-0.4, -0.2) is 36.7 Å². The van der Waals surface area contributed by atoms with Crippen LogP contribution in [0.5, 0.6) is 0 Å². The predicted octanol–water partition coefficient (Wildman–Crippen LogP) is 1.32. The molecule has 7 heteroatoms. The predicted molar refractivity (Wildman–Crippen MR) is 76.6 cm³/mol. The van der Waals surface area contributed by atoms with Gasteiger partial charge in [0, 0.05) is 18.2 Å². The Bertz CT molecular complexity index is 665. The summed E-state index contributed by atoms with van der Waals surface area (Å²) in [6.45, 7) is 6.23. The molecule has 20 heavy (non-hydrogen) atoms. The Kier molecular flexibility index (Phi) is 3.21. The van der Waals surface area contributed by atoms with Gasteiger partial charge in [-0.05, 0) is 33.6 Å². The van der Waals surface area contributed by atoms with Crippen LogP contribution >= 0.6 is 0 Å². The van der Waals surface area contributed by atoms with E-state index in [-0.39, 0.29) is 5.69 Å². The molecule has 1 aliphatic rings. The highest BCUT2D eigenvalue weighted by Crippen LogP contribution is 2.23. The average Bonchev–Trinajstić information content (AvgIpc) is 2.76. The molecule has 2 atom stereocenters. The van der Waals surface area contributed by atoms with E-state index in [1.54, 1.807) is 13.0 Å². The number of aryl methyl sites for hydroxylation is 1. The first-order valence-corrected chi connectivity index (χ1v) is 7.06. The van der Waals surface area contributed by atoms with Crippen LogP contribution in [-0.2, 0) is 0 Å². The molecule has 108 valence electrons. The maximum Gasteiger partial charge on any atom is 0.349 e. The minimum absolute atomic E-state index is 0.253. The van der Waals surface area contributed by atoms with Crippen molar-refractivity contribution in [3.8, 4) is 0 Å². The van der Waals surface area contributed by atoms with Gasteiger partial charge in [0.25, 0.3) is 0 Å². The Morgan fingerprint density at radius 2 is 2.05 bits per heavy atom. The van der Waals surface area contributed by atoms with E-state index in [2.05, 4.69) is 39.5 Å². The summed E-state index contributed by atoms with van der Waals surface area (Å²) >= 11 is 0. The van der Waals surface area contributed by atoms with Gasteiger partial charge in [0.05, 0.1) is 0 Å². The summed E-state index contributed by atoms with van der Waals surface area (Å²) in [5, 5.41) is 8.68. The van der Waals surface area contributed by atoms with Crippen LogP contribution in [0.25, 0.3) is 5.65 Å². The zero-order valence-corrected chi connectivity index (χ0v) is 12.1. The van der Waals surface area contributed by atoms with Crippen LogP contribution in [0, 0.1) is 6.92 Å². The fourth-order valence-corrected chi connectivity index (χ4v) is 2.93. The Hall–Kier alpha value is -1.89. The van der Waals surface area contributed by atoms with Crippen molar-refractivity contribution in [1.29, 1.82) is 0 Å². The van der Waals surface area contributed by atoms with Crippen LogP contribution in [0.15, 0.2) is 10.9 Å². The van der Waals surface area contributed by atoms with Crippen molar-refractivity contribution in [3.63, 3.8) is 0 Å². The Morgan fingerprint density at radius 1 is 1.35 bits per heavy atom. The zero-order valence-electron chi connectivity index (χ0n) is 12.1. The van der Waals surface area contributed by atoms with E-state index in [9.17, 15) is 4.79 Å². The number of nitrogens with zero attached hydrogens (tertiary/aromatic N) is 4. The van der Waals surface area contributed by atoms with E-state index >= 15 is 0 Å². The smallest absolute Gasteiger partial charge is 0.302 e. The van der Waals surface area contributed by atoms with Gasteiger partial charge in [0.15, 0.2) is 5.65 Å². The molecule has 1 aliphatic heterocycles. The lowest BCUT2D eigenvalue weighted by Gasteiger charge is -2.39. The molecule has 2 N–H and O–H groups in total. The van der Waals surface area contributed by atoms with Gasteiger partial charge >= 0.3 is 5.69 Å². The highest BCUT2D eigenvalue weighted by atomic mass is 16.1. The number of hydrogen-bond acceptors (Lipinski definition) is 5. The molecule has 0 aliphatic carbocycles. The van der Waals surface area contributed by atoms with E-state index in [1.807, 2.05) is 0 Å². The number of hydrogen-bond donors (Lipinski definition) is 2. The number of nitrogens with one attached hydrogen (secondary N) is 2. The topological polar surface area (TPSA) is 78.3 Å². The molecule has 1 fully saturated rings. The second kappa shape index (κ2) is 4.90. The monoisotopic (exact) mass is 276 g/mol. The molecule has 2 aromatic rings. The zero-order chi connectivity index (χ0) is 14.3. The number of H-pyrrole nitrogens is 1. The minimum atomic E-state index is -0.253. The number of anilines is 1. The Labute approximate surface area is 117 Å². The minimum Gasteiger partial charge on any atom is -0.302 e. The summed E-state index contributed by atoms with van der Waals surface area (Å²) in [6.07, 6.45) is 3.63. The van der Waals surface area contributed by atoms with Gasteiger partial charge in [0.2, 0.25) is 0 Å². The SMILES string of the molecule is Cc1nc(NN2C(C)CCCC2C)cc2n[nH]c(=O)n12. The Morgan fingerprint density at radius 3 is 2.75 bits per heavy atom. The van der Waals surface area contributed by atoms with Gasteiger partial charge in [-0.15, -0.1) is 0 Å². The number of hydrazine groups is 1. The molecule has 0 amide bonds. The number of fused-ring (bicyclic) bond motifs is 1. The van der Waals surface area contributed by atoms with Crippen LogP contribution in [0.3, 0.4) is 0 Å². The third kappa shape index (κ3) is 2.18. The van der Waals surface area contributed by atoms with Crippen LogP contribution in [0.2, 0.25) is 0 Å². The van der Waals surface area contributed by atoms with E-state index in [0.29, 0.717) is 23.6 Å². The van der Waals surface area contributed by atoms with Gasteiger partial charge in [-0.1, -0.05) is 6.42 Å². The van der Waals surface area contributed by atoms with Crippen molar-refractivity contribution < 1.29 is 0 Å². The summed E-state index contributed by atoms with van der Waals surface area (Å²) in [5.41, 5.74) is 3.71. The summed E-state index contributed by atoms with van der Waals surface area (Å²) in [6, 6.07) is 2.73. The van der Waals surface area contributed by atoms with Gasteiger partial charge in [-0.3, -0.25) is 0 Å².